The fourth-order valence-corrected chi connectivity index (χ4v) is 1.91. The second-order valence-corrected chi connectivity index (χ2v) is 4.56. The van der Waals surface area contributed by atoms with Gasteiger partial charge in [-0.15, -0.1) is 11.8 Å². The van der Waals surface area contributed by atoms with Gasteiger partial charge in [-0.1, -0.05) is 17.2 Å². The van der Waals surface area contributed by atoms with Crippen LogP contribution < -0.4 is 0 Å². The molecule has 0 atom stereocenters. The number of thioether (sulfide) groups is 1. The van der Waals surface area contributed by atoms with Crippen LogP contribution in [-0.2, 0) is 4.79 Å². The molecule has 1 rings (SSSR count). The predicted molar refractivity (Wildman–Crippen MR) is 63.6 cm³/mol. The molecule has 0 unspecified atom stereocenters. The Morgan fingerprint density at radius 1 is 1.47 bits per heavy atom. The molecule has 1 aromatic rings. The van der Waals surface area contributed by atoms with E-state index in [1.54, 1.807) is 18.7 Å². The van der Waals surface area contributed by atoms with E-state index < -0.39 is 5.97 Å². The van der Waals surface area contributed by atoms with Crippen LogP contribution in [0.3, 0.4) is 0 Å². The van der Waals surface area contributed by atoms with Crippen LogP contribution in [0.5, 0.6) is 0 Å². The highest BCUT2D eigenvalue weighted by Crippen LogP contribution is 2.22. The lowest BCUT2D eigenvalue weighted by atomic mass is 10.3. The van der Waals surface area contributed by atoms with Crippen molar-refractivity contribution in [3.05, 3.63) is 40.9 Å². The molecule has 0 amide bonds. The van der Waals surface area contributed by atoms with E-state index in [0.717, 1.165) is 10.5 Å². The Morgan fingerprint density at radius 3 is 2.60 bits per heavy atom. The standard InChI is InChI=1S/C11H11ClO2S/c1-8(6-11(13)14)7-15-10-4-2-9(12)3-5-10/h2-6H,7H2,1H3,(H,13,14). The molecular weight excluding hydrogens is 232 g/mol. The van der Waals surface area contributed by atoms with Gasteiger partial charge in [0, 0.05) is 21.7 Å². The Hall–Kier alpha value is -0.930. The largest absolute Gasteiger partial charge is 0.478 e. The third kappa shape index (κ3) is 4.91. The lowest BCUT2D eigenvalue weighted by molar-refractivity contribution is -0.131. The van der Waals surface area contributed by atoms with E-state index in [2.05, 4.69) is 0 Å². The molecule has 15 heavy (non-hydrogen) atoms. The predicted octanol–water partition coefficient (Wildman–Crippen LogP) is 3.46. The van der Waals surface area contributed by atoms with Crippen molar-refractivity contribution in [1.82, 2.24) is 0 Å². The first kappa shape index (κ1) is 12.1. The molecule has 0 aromatic heterocycles. The first-order valence-corrected chi connectivity index (χ1v) is 5.73. The van der Waals surface area contributed by atoms with Gasteiger partial charge in [0.25, 0.3) is 0 Å². The summed E-state index contributed by atoms with van der Waals surface area (Å²) in [6.07, 6.45) is 1.23. The molecule has 0 spiro atoms. The molecule has 1 aromatic carbocycles. The summed E-state index contributed by atoms with van der Waals surface area (Å²) in [6, 6.07) is 7.47. The topological polar surface area (TPSA) is 37.3 Å². The molecule has 1 N–H and O–H groups in total. The summed E-state index contributed by atoms with van der Waals surface area (Å²) in [5.74, 6) is -0.224. The average molecular weight is 243 g/mol. The highest BCUT2D eigenvalue weighted by atomic mass is 35.5. The minimum atomic E-state index is -0.899. The van der Waals surface area contributed by atoms with Crippen molar-refractivity contribution in [2.45, 2.75) is 11.8 Å². The number of halogens is 1. The van der Waals surface area contributed by atoms with Crippen molar-refractivity contribution in [1.29, 1.82) is 0 Å². The summed E-state index contributed by atoms with van der Waals surface area (Å²) in [5, 5.41) is 9.22. The fourth-order valence-electron chi connectivity index (χ4n) is 0.980. The molecule has 2 nitrogen and oxygen atoms in total. The van der Waals surface area contributed by atoms with Crippen LogP contribution in [-0.4, -0.2) is 16.8 Å². The number of carboxylic acids is 1. The molecule has 0 aliphatic heterocycles. The monoisotopic (exact) mass is 242 g/mol. The van der Waals surface area contributed by atoms with Crippen molar-refractivity contribution >= 4 is 29.3 Å². The van der Waals surface area contributed by atoms with Crippen LogP contribution in [0.4, 0.5) is 0 Å². The molecule has 0 saturated carbocycles. The van der Waals surface area contributed by atoms with Crippen LogP contribution in [0.2, 0.25) is 5.02 Å². The van der Waals surface area contributed by atoms with Gasteiger partial charge in [-0.2, -0.15) is 0 Å². The van der Waals surface area contributed by atoms with Crippen molar-refractivity contribution in [3.63, 3.8) is 0 Å². The molecule has 0 bridgehead atoms. The normalized spacial score (nSPS) is 11.5. The van der Waals surface area contributed by atoms with Crippen molar-refractivity contribution in [3.8, 4) is 0 Å². The summed E-state index contributed by atoms with van der Waals surface area (Å²) >= 11 is 7.33. The number of rotatable bonds is 4. The molecule has 0 radical (unpaired) electrons. The van der Waals surface area contributed by atoms with Crippen molar-refractivity contribution < 1.29 is 9.90 Å². The van der Waals surface area contributed by atoms with Gasteiger partial charge in [0.2, 0.25) is 0 Å². The summed E-state index contributed by atoms with van der Waals surface area (Å²) in [5.41, 5.74) is 0.836. The zero-order valence-corrected chi connectivity index (χ0v) is 9.81. The molecular formula is C11H11ClO2S. The van der Waals surface area contributed by atoms with Crippen LogP contribution >= 0.6 is 23.4 Å². The summed E-state index contributed by atoms with van der Waals surface area (Å²) in [4.78, 5) is 11.4. The average Bonchev–Trinajstić information content (AvgIpc) is 2.16. The summed E-state index contributed by atoms with van der Waals surface area (Å²) < 4.78 is 0. The maximum Gasteiger partial charge on any atom is 0.328 e. The third-order valence-corrected chi connectivity index (χ3v) is 3.11. The number of carbonyl (C=O) groups is 1. The Bertz CT molecular complexity index is 371. The Kier molecular flexibility index (Phi) is 4.72. The van der Waals surface area contributed by atoms with E-state index in [-0.39, 0.29) is 0 Å². The number of hydrogen-bond acceptors (Lipinski definition) is 2. The summed E-state index contributed by atoms with van der Waals surface area (Å²) in [7, 11) is 0. The number of aliphatic carboxylic acids is 1. The van der Waals surface area contributed by atoms with Crippen LogP contribution in [0.15, 0.2) is 40.8 Å². The molecule has 80 valence electrons. The molecule has 0 heterocycles. The van der Waals surface area contributed by atoms with Gasteiger partial charge in [-0.25, -0.2) is 4.79 Å². The van der Waals surface area contributed by atoms with E-state index in [0.29, 0.717) is 10.8 Å². The maximum atomic E-state index is 10.4. The molecule has 0 aliphatic rings. The molecule has 0 saturated heterocycles. The van der Waals surface area contributed by atoms with Gasteiger partial charge in [0.05, 0.1) is 0 Å². The minimum Gasteiger partial charge on any atom is -0.478 e. The number of carboxylic acid groups (broad SMARTS) is 1. The fraction of sp³-hybridized carbons (Fsp3) is 0.182. The van der Waals surface area contributed by atoms with Crippen LogP contribution in [0, 0.1) is 0 Å². The van der Waals surface area contributed by atoms with E-state index in [1.807, 2.05) is 24.3 Å². The van der Waals surface area contributed by atoms with Gasteiger partial charge < -0.3 is 5.11 Å². The lowest BCUT2D eigenvalue weighted by Gasteiger charge is -2.01. The van der Waals surface area contributed by atoms with Gasteiger partial charge in [0.1, 0.15) is 0 Å². The van der Waals surface area contributed by atoms with E-state index in [9.17, 15) is 4.79 Å². The molecule has 0 fully saturated rings. The van der Waals surface area contributed by atoms with E-state index >= 15 is 0 Å². The highest BCUT2D eigenvalue weighted by molar-refractivity contribution is 7.99. The second kappa shape index (κ2) is 5.83. The van der Waals surface area contributed by atoms with E-state index in [1.165, 1.54) is 6.08 Å². The SMILES string of the molecule is CC(=CC(=O)O)CSc1ccc(Cl)cc1. The number of benzene rings is 1. The van der Waals surface area contributed by atoms with Gasteiger partial charge in [-0.3, -0.25) is 0 Å². The Labute approximate surface area is 97.9 Å². The highest BCUT2D eigenvalue weighted by Gasteiger charge is 1.97. The quantitative estimate of drug-likeness (QED) is 0.649. The van der Waals surface area contributed by atoms with Gasteiger partial charge >= 0.3 is 5.97 Å². The zero-order valence-electron chi connectivity index (χ0n) is 8.24. The smallest absolute Gasteiger partial charge is 0.328 e. The lowest BCUT2D eigenvalue weighted by Crippen LogP contribution is -1.91. The maximum absolute atomic E-state index is 10.4. The Balaban J connectivity index is 2.50. The van der Waals surface area contributed by atoms with Crippen molar-refractivity contribution in [2.75, 3.05) is 5.75 Å². The van der Waals surface area contributed by atoms with Gasteiger partial charge in [-0.05, 0) is 31.2 Å². The van der Waals surface area contributed by atoms with Crippen LogP contribution in [0.1, 0.15) is 6.92 Å². The zero-order chi connectivity index (χ0) is 11.3. The third-order valence-electron chi connectivity index (χ3n) is 1.65. The molecule has 4 heteroatoms. The second-order valence-electron chi connectivity index (χ2n) is 3.07. The Morgan fingerprint density at radius 2 is 2.07 bits per heavy atom. The summed E-state index contributed by atoms with van der Waals surface area (Å²) in [6.45, 7) is 1.80. The molecule has 0 aliphatic carbocycles. The first-order valence-electron chi connectivity index (χ1n) is 4.36. The minimum absolute atomic E-state index is 0.675. The van der Waals surface area contributed by atoms with E-state index in [4.69, 9.17) is 16.7 Å². The van der Waals surface area contributed by atoms with Crippen LogP contribution in [0.25, 0.3) is 0 Å². The number of hydrogen-bond donors (Lipinski definition) is 1. The van der Waals surface area contributed by atoms with Gasteiger partial charge in [0.15, 0.2) is 0 Å². The first-order chi connectivity index (χ1) is 7.08. The van der Waals surface area contributed by atoms with Crippen molar-refractivity contribution in [2.24, 2.45) is 0 Å².